The molecule has 1 amide bonds. The zero-order valence-corrected chi connectivity index (χ0v) is 13.1. The molecule has 1 aliphatic heterocycles. The number of carbonyl (C=O) groups excluding carboxylic acids is 1. The quantitative estimate of drug-likeness (QED) is 0.921. The summed E-state index contributed by atoms with van der Waals surface area (Å²) in [5.74, 6) is -1.23. The van der Waals surface area contributed by atoms with Crippen LogP contribution < -0.4 is 5.32 Å². The molecule has 8 heteroatoms. The van der Waals surface area contributed by atoms with Crippen molar-refractivity contribution in [3.8, 4) is 0 Å². The highest BCUT2D eigenvalue weighted by Crippen LogP contribution is 2.40. The van der Waals surface area contributed by atoms with Crippen LogP contribution in [0.3, 0.4) is 0 Å². The van der Waals surface area contributed by atoms with Gasteiger partial charge in [-0.25, -0.2) is 0 Å². The van der Waals surface area contributed by atoms with E-state index in [1.165, 1.54) is 6.07 Å². The highest BCUT2D eigenvalue weighted by Gasteiger charge is 2.50. The van der Waals surface area contributed by atoms with Crippen LogP contribution in [0.25, 0.3) is 0 Å². The van der Waals surface area contributed by atoms with Gasteiger partial charge in [-0.3, -0.25) is 9.69 Å². The van der Waals surface area contributed by atoms with Gasteiger partial charge in [0.2, 0.25) is 0 Å². The molecule has 0 bridgehead atoms. The van der Waals surface area contributed by atoms with E-state index in [0.717, 1.165) is 12.8 Å². The first-order valence-electron chi connectivity index (χ1n) is 7.84. The summed E-state index contributed by atoms with van der Waals surface area (Å²) in [5, 5.41) is 6.17. The standard InChI is InChI=1S/C15H20F3N3O2/c1-8(2)21-6-10(15(16,17)18)12(7-21)19-14(22)11-5-13(23-20-11)9-3-4-9/h5,8-10,12H,3-4,6-7H2,1-2H3,(H,19,22)/t10-,12-/m0/s1. The molecule has 23 heavy (non-hydrogen) atoms. The predicted molar refractivity (Wildman–Crippen MR) is 76.0 cm³/mol. The van der Waals surface area contributed by atoms with Crippen molar-refractivity contribution in [2.75, 3.05) is 13.1 Å². The number of amides is 1. The Labute approximate surface area is 132 Å². The molecular formula is C15H20F3N3O2. The molecule has 128 valence electrons. The van der Waals surface area contributed by atoms with Gasteiger partial charge in [-0.15, -0.1) is 0 Å². The molecule has 1 aliphatic carbocycles. The van der Waals surface area contributed by atoms with Gasteiger partial charge in [-0.2, -0.15) is 13.2 Å². The van der Waals surface area contributed by atoms with Crippen LogP contribution in [0.5, 0.6) is 0 Å². The normalized spacial score (nSPS) is 26.0. The summed E-state index contributed by atoms with van der Waals surface area (Å²) in [6.45, 7) is 3.77. The smallest absolute Gasteiger partial charge is 0.360 e. The highest BCUT2D eigenvalue weighted by atomic mass is 19.4. The summed E-state index contributed by atoms with van der Waals surface area (Å²) >= 11 is 0. The lowest BCUT2D eigenvalue weighted by molar-refractivity contribution is -0.175. The third kappa shape index (κ3) is 3.52. The Hall–Kier alpha value is -1.57. The molecule has 1 saturated carbocycles. The topological polar surface area (TPSA) is 58.4 Å². The fourth-order valence-corrected chi connectivity index (χ4v) is 2.93. The Balaban J connectivity index is 1.69. The molecule has 2 heterocycles. The predicted octanol–water partition coefficient (Wildman–Crippen LogP) is 2.55. The minimum absolute atomic E-state index is 0.00438. The maximum atomic E-state index is 13.2. The number of hydrogen-bond acceptors (Lipinski definition) is 4. The molecule has 1 N–H and O–H groups in total. The maximum absolute atomic E-state index is 13.2. The van der Waals surface area contributed by atoms with Crippen molar-refractivity contribution in [1.82, 2.24) is 15.4 Å². The Kier molecular flexibility index (Phi) is 4.12. The van der Waals surface area contributed by atoms with E-state index in [0.29, 0.717) is 11.7 Å². The SMILES string of the molecule is CC(C)N1C[C@H](NC(=O)c2cc(C3CC3)on2)[C@@H](C(F)(F)F)C1. The zero-order chi connectivity index (χ0) is 16.8. The summed E-state index contributed by atoms with van der Waals surface area (Å²) in [6, 6.07) is 0.561. The molecule has 1 aromatic rings. The van der Waals surface area contributed by atoms with E-state index in [9.17, 15) is 18.0 Å². The number of nitrogens with one attached hydrogen (secondary N) is 1. The summed E-state index contributed by atoms with van der Waals surface area (Å²) in [5.41, 5.74) is 0.0517. The number of hydrogen-bond donors (Lipinski definition) is 1. The molecule has 0 unspecified atom stereocenters. The molecule has 2 fully saturated rings. The number of carbonyl (C=O) groups is 1. The molecule has 1 aromatic heterocycles. The average molecular weight is 331 g/mol. The second-order valence-electron chi connectivity index (χ2n) is 6.66. The van der Waals surface area contributed by atoms with Crippen LogP contribution in [0.4, 0.5) is 13.2 Å². The van der Waals surface area contributed by atoms with Gasteiger partial charge in [-0.1, -0.05) is 5.16 Å². The molecule has 3 rings (SSSR count). The fraction of sp³-hybridized carbons (Fsp3) is 0.733. The number of nitrogens with zero attached hydrogens (tertiary/aromatic N) is 2. The van der Waals surface area contributed by atoms with Crippen molar-refractivity contribution in [3.05, 3.63) is 17.5 Å². The van der Waals surface area contributed by atoms with Gasteiger partial charge >= 0.3 is 6.18 Å². The second kappa shape index (κ2) is 5.81. The first-order valence-corrected chi connectivity index (χ1v) is 7.84. The minimum atomic E-state index is -4.34. The van der Waals surface area contributed by atoms with E-state index in [1.54, 1.807) is 4.90 Å². The fourth-order valence-electron chi connectivity index (χ4n) is 2.93. The summed E-state index contributed by atoms with van der Waals surface area (Å²) in [4.78, 5) is 13.9. The molecule has 2 aliphatic rings. The second-order valence-corrected chi connectivity index (χ2v) is 6.66. The van der Waals surface area contributed by atoms with Crippen molar-refractivity contribution >= 4 is 5.91 Å². The maximum Gasteiger partial charge on any atom is 0.395 e. The lowest BCUT2D eigenvalue weighted by Gasteiger charge is -2.21. The van der Waals surface area contributed by atoms with E-state index < -0.39 is 24.0 Å². The molecule has 0 aromatic carbocycles. The lowest BCUT2D eigenvalue weighted by atomic mass is 10.0. The first-order chi connectivity index (χ1) is 10.8. The molecule has 0 radical (unpaired) electrons. The van der Waals surface area contributed by atoms with Gasteiger partial charge in [0.1, 0.15) is 5.76 Å². The first kappa shape index (κ1) is 16.3. The van der Waals surface area contributed by atoms with Gasteiger partial charge in [0.05, 0.1) is 12.0 Å². The number of alkyl halides is 3. The van der Waals surface area contributed by atoms with Crippen molar-refractivity contribution in [1.29, 1.82) is 0 Å². The van der Waals surface area contributed by atoms with E-state index in [1.807, 2.05) is 13.8 Å². The molecular weight excluding hydrogens is 311 g/mol. The van der Waals surface area contributed by atoms with Gasteiger partial charge < -0.3 is 9.84 Å². The molecule has 5 nitrogen and oxygen atoms in total. The third-order valence-corrected chi connectivity index (χ3v) is 4.56. The lowest BCUT2D eigenvalue weighted by Crippen LogP contribution is -2.45. The summed E-state index contributed by atoms with van der Waals surface area (Å²) in [6.07, 6.45) is -2.35. The third-order valence-electron chi connectivity index (χ3n) is 4.56. The van der Waals surface area contributed by atoms with Crippen LogP contribution in [0.1, 0.15) is 48.9 Å². The van der Waals surface area contributed by atoms with Crippen molar-refractivity contribution in [2.45, 2.75) is 50.9 Å². The van der Waals surface area contributed by atoms with E-state index in [-0.39, 0.29) is 24.8 Å². The summed E-state index contributed by atoms with van der Waals surface area (Å²) < 4.78 is 44.7. The van der Waals surface area contributed by atoms with Gasteiger partial charge in [0.25, 0.3) is 5.91 Å². The van der Waals surface area contributed by atoms with E-state index >= 15 is 0 Å². The Morgan fingerprint density at radius 3 is 2.65 bits per heavy atom. The van der Waals surface area contributed by atoms with Gasteiger partial charge in [0.15, 0.2) is 5.69 Å². The number of halogens is 3. The number of aromatic nitrogens is 1. The van der Waals surface area contributed by atoms with Crippen LogP contribution in [0, 0.1) is 5.92 Å². The monoisotopic (exact) mass is 331 g/mol. The van der Waals surface area contributed by atoms with E-state index in [4.69, 9.17) is 4.52 Å². The average Bonchev–Trinajstić information content (AvgIpc) is 3.01. The van der Waals surface area contributed by atoms with E-state index in [2.05, 4.69) is 10.5 Å². The van der Waals surface area contributed by atoms with Crippen LogP contribution in [0.2, 0.25) is 0 Å². The van der Waals surface area contributed by atoms with Crippen LogP contribution in [-0.2, 0) is 0 Å². The molecule has 1 saturated heterocycles. The number of likely N-dealkylation sites (tertiary alicyclic amines) is 1. The Bertz CT molecular complexity index is 581. The van der Waals surface area contributed by atoms with Crippen molar-refractivity contribution < 1.29 is 22.5 Å². The molecule has 0 spiro atoms. The zero-order valence-electron chi connectivity index (χ0n) is 13.1. The van der Waals surface area contributed by atoms with Crippen LogP contribution in [-0.4, -0.2) is 47.3 Å². The Morgan fingerprint density at radius 1 is 1.39 bits per heavy atom. The minimum Gasteiger partial charge on any atom is -0.360 e. The Morgan fingerprint density at radius 2 is 2.09 bits per heavy atom. The summed E-state index contributed by atoms with van der Waals surface area (Å²) in [7, 11) is 0. The number of rotatable bonds is 4. The van der Waals surface area contributed by atoms with Crippen molar-refractivity contribution in [3.63, 3.8) is 0 Å². The van der Waals surface area contributed by atoms with Gasteiger partial charge in [0, 0.05) is 31.1 Å². The largest absolute Gasteiger partial charge is 0.395 e. The van der Waals surface area contributed by atoms with Crippen molar-refractivity contribution in [2.24, 2.45) is 5.92 Å². The van der Waals surface area contributed by atoms with Gasteiger partial charge in [-0.05, 0) is 26.7 Å². The van der Waals surface area contributed by atoms with Crippen LogP contribution in [0.15, 0.2) is 10.6 Å². The molecule has 2 atom stereocenters. The van der Waals surface area contributed by atoms with Crippen LogP contribution >= 0.6 is 0 Å². The highest BCUT2D eigenvalue weighted by molar-refractivity contribution is 5.92.